The Morgan fingerprint density at radius 3 is 2.81 bits per heavy atom. The zero-order chi connectivity index (χ0) is 12.0. The fourth-order valence-corrected chi connectivity index (χ4v) is 1.25. The van der Waals surface area contributed by atoms with Crippen molar-refractivity contribution in [1.82, 2.24) is 0 Å². The Hall–Kier alpha value is -1.88. The van der Waals surface area contributed by atoms with Gasteiger partial charge in [-0.25, -0.2) is 0 Å². The first kappa shape index (κ1) is 12.2. The van der Waals surface area contributed by atoms with Crippen molar-refractivity contribution < 1.29 is 14.4 Å². The van der Waals surface area contributed by atoms with Gasteiger partial charge in [-0.15, -0.1) is 0 Å². The maximum atomic E-state index is 10.9. The van der Waals surface area contributed by atoms with Gasteiger partial charge in [0.05, 0.1) is 17.1 Å². The minimum Gasteiger partial charge on any atom is -0.484 e. The predicted molar refractivity (Wildman–Crippen MR) is 60.6 cm³/mol. The molecule has 5 heteroatoms. The monoisotopic (exact) mass is 223 g/mol. The third-order valence-corrected chi connectivity index (χ3v) is 1.98. The number of hydrogen-bond acceptors (Lipinski definition) is 4. The van der Waals surface area contributed by atoms with Gasteiger partial charge in [0.1, 0.15) is 6.61 Å². The zero-order valence-corrected chi connectivity index (χ0v) is 9.01. The Balaban J connectivity index is 2.98. The number of hydrogen-bond donors (Lipinski definition) is 0. The van der Waals surface area contributed by atoms with Crippen LogP contribution in [0.4, 0.5) is 5.69 Å². The Morgan fingerprint density at radius 2 is 2.25 bits per heavy atom. The van der Waals surface area contributed by atoms with Crippen molar-refractivity contribution in [2.45, 2.75) is 0 Å². The molecule has 5 nitrogen and oxygen atoms in total. The maximum Gasteiger partial charge on any atom is 0.318 e. The molecule has 0 atom stereocenters. The zero-order valence-electron chi connectivity index (χ0n) is 9.01. The molecule has 1 aromatic carbocycles. The van der Waals surface area contributed by atoms with Gasteiger partial charge >= 0.3 is 5.69 Å². The third kappa shape index (κ3) is 2.80. The lowest BCUT2D eigenvalue weighted by atomic mass is 10.1. The fourth-order valence-electron chi connectivity index (χ4n) is 1.25. The topological polar surface area (TPSA) is 61.6 Å². The van der Waals surface area contributed by atoms with Crippen LogP contribution < -0.4 is 4.74 Å². The van der Waals surface area contributed by atoms with Gasteiger partial charge in [-0.1, -0.05) is 18.7 Å². The third-order valence-electron chi connectivity index (χ3n) is 1.98. The van der Waals surface area contributed by atoms with E-state index in [1.54, 1.807) is 18.2 Å². The highest BCUT2D eigenvalue weighted by atomic mass is 16.6. The molecule has 0 aromatic heterocycles. The van der Waals surface area contributed by atoms with E-state index in [1.807, 2.05) is 0 Å². The molecule has 0 amide bonds. The summed E-state index contributed by atoms with van der Waals surface area (Å²) in [7, 11) is 1.54. The summed E-state index contributed by atoms with van der Waals surface area (Å²) in [6.07, 6.45) is 1.43. The van der Waals surface area contributed by atoms with E-state index in [-0.39, 0.29) is 18.0 Å². The van der Waals surface area contributed by atoms with Crippen LogP contribution in [-0.4, -0.2) is 25.2 Å². The van der Waals surface area contributed by atoms with Crippen LogP contribution in [0.5, 0.6) is 5.75 Å². The molecule has 86 valence electrons. The van der Waals surface area contributed by atoms with Crippen LogP contribution in [0.3, 0.4) is 0 Å². The molecule has 0 aliphatic heterocycles. The Labute approximate surface area is 93.4 Å². The number of para-hydroxylation sites is 1. The molecule has 0 N–H and O–H groups in total. The van der Waals surface area contributed by atoms with E-state index in [0.717, 1.165) is 0 Å². The van der Waals surface area contributed by atoms with Crippen LogP contribution in [0.1, 0.15) is 5.56 Å². The molecule has 1 aromatic rings. The van der Waals surface area contributed by atoms with E-state index in [0.29, 0.717) is 12.2 Å². The molecule has 0 saturated carbocycles. The van der Waals surface area contributed by atoms with Gasteiger partial charge in [0.15, 0.2) is 5.75 Å². The molecule has 0 saturated heterocycles. The van der Waals surface area contributed by atoms with Crippen molar-refractivity contribution in [3.05, 3.63) is 40.5 Å². The molecule has 16 heavy (non-hydrogen) atoms. The normalized spacial score (nSPS) is 9.81. The van der Waals surface area contributed by atoms with Crippen LogP contribution in [0, 0.1) is 10.1 Å². The van der Waals surface area contributed by atoms with Crippen molar-refractivity contribution >= 4 is 11.8 Å². The molecular formula is C11H13NO4. The first-order chi connectivity index (χ1) is 7.70. The van der Waals surface area contributed by atoms with Crippen LogP contribution in [-0.2, 0) is 4.74 Å². The molecule has 0 aliphatic carbocycles. The first-order valence-electron chi connectivity index (χ1n) is 4.72. The summed E-state index contributed by atoms with van der Waals surface area (Å²) in [6.45, 7) is 4.19. The summed E-state index contributed by atoms with van der Waals surface area (Å²) in [4.78, 5) is 10.4. The van der Waals surface area contributed by atoms with E-state index >= 15 is 0 Å². The van der Waals surface area contributed by atoms with Crippen LogP contribution >= 0.6 is 0 Å². The average Bonchev–Trinajstić information content (AvgIpc) is 2.28. The summed E-state index contributed by atoms with van der Waals surface area (Å²) in [5.74, 6) is 0.236. The number of ether oxygens (including phenoxy) is 2. The average molecular weight is 223 g/mol. The number of methoxy groups -OCH3 is 1. The Kier molecular flexibility index (Phi) is 4.47. The van der Waals surface area contributed by atoms with Crippen molar-refractivity contribution in [3.63, 3.8) is 0 Å². The molecule has 0 unspecified atom stereocenters. The summed E-state index contributed by atoms with van der Waals surface area (Å²) in [6, 6.07) is 4.86. The van der Waals surface area contributed by atoms with E-state index in [2.05, 4.69) is 6.58 Å². The smallest absolute Gasteiger partial charge is 0.318 e. The molecule has 1 rings (SSSR count). The molecule has 0 radical (unpaired) electrons. The second-order valence-electron chi connectivity index (χ2n) is 3.00. The molecular weight excluding hydrogens is 210 g/mol. The summed E-state index contributed by atoms with van der Waals surface area (Å²) >= 11 is 0. The highest BCUT2D eigenvalue weighted by Crippen LogP contribution is 2.31. The molecule has 0 spiro atoms. The largest absolute Gasteiger partial charge is 0.484 e. The van der Waals surface area contributed by atoms with Gasteiger partial charge < -0.3 is 9.47 Å². The Bertz CT molecular complexity index is 390. The second kappa shape index (κ2) is 5.87. The van der Waals surface area contributed by atoms with Gasteiger partial charge in [0.25, 0.3) is 0 Å². The highest BCUT2D eigenvalue weighted by Gasteiger charge is 2.18. The quantitative estimate of drug-likeness (QED) is 0.421. The van der Waals surface area contributed by atoms with Crippen molar-refractivity contribution in [3.8, 4) is 5.75 Å². The molecule has 0 bridgehead atoms. The SMILES string of the molecule is C=Cc1cccc(OCCOC)c1[N+](=O)[O-]. The highest BCUT2D eigenvalue weighted by molar-refractivity contribution is 5.65. The second-order valence-corrected chi connectivity index (χ2v) is 3.00. The summed E-state index contributed by atoms with van der Waals surface area (Å²) in [5.41, 5.74) is 0.383. The standard InChI is InChI=1S/C11H13NO4/c1-3-9-5-4-6-10(11(9)12(13)14)16-8-7-15-2/h3-6H,1,7-8H2,2H3. The lowest BCUT2D eigenvalue weighted by Gasteiger charge is -2.07. The molecule has 0 fully saturated rings. The van der Waals surface area contributed by atoms with Crippen molar-refractivity contribution in [2.24, 2.45) is 0 Å². The number of nitrogens with zero attached hydrogens (tertiary/aromatic N) is 1. The van der Waals surface area contributed by atoms with E-state index in [9.17, 15) is 10.1 Å². The predicted octanol–water partition coefficient (Wildman–Crippen LogP) is 2.26. The Morgan fingerprint density at radius 1 is 1.50 bits per heavy atom. The molecule has 0 aliphatic rings. The van der Waals surface area contributed by atoms with Gasteiger partial charge in [-0.2, -0.15) is 0 Å². The number of rotatable bonds is 6. The lowest BCUT2D eigenvalue weighted by Crippen LogP contribution is -2.06. The van der Waals surface area contributed by atoms with E-state index < -0.39 is 4.92 Å². The maximum absolute atomic E-state index is 10.9. The van der Waals surface area contributed by atoms with Crippen molar-refractivity contribution in [2.75, 3.05) is 20.3 Å². The van der Waals surface area contributed by atoms with Gasteiger partial charge in [0.2, 0.25) is 0 Å². The number of nitro groups is 1. The first-order valence-corrected chi connectivity index (χ1v) is 4.72. The minimum absolute atomic E-state index is 0.0615. The molecule has 0 heterocycles. The van der Waals surface area contributed by atoms with Crippen LogP contribution in [0.15, 0.2) is 24.8 Å². The van der Waals surface area contributed by atoms with Crippen LogP contribution in [0.25, 0.3) is 6.08 Å². The number of benzene rings is 1. The van der Waals surface area contributed by atoms with E-state index in [1.165, 1.54) is 13.2 Å². The summed E-state index contributed by atoms with van der Waals surface area (Å²) in [5, 5.41) is 10.9. The number of nitro benzene ring substituents is 1. The van der Waals surface area contributed by atoms with Gasteiger partial charge in [-0.05, 0) is 12.1 Å². The van der Waals surface area contributed by atoms with Gasteiger partial charge in [-0.3, -0.25) is 10.1 Å². The lowest BCUT2D eigenvalue weighted by molar-refractivity contribution is -0.386. The van der Waals surface area contributed by atoms with E-state index in [4.69, 9.17) is 9.47 Å². The van der Waals surface area contributed by atoms with Crippen molar-refractivity contribution in [1.29, 1.82) is 0 Å². The fraction of sp³-hybridized carbons (Fsp3) is 0.273. The van der Waals surface area contributed by atoms with Gasteiger partial charge in [0, 0.05) is 7.11 Å². The van der Waals surface area contributed by atoms with Crippen LogP contribution in [0.2, 0.25) is 0 Å². The summed E-state index contributed by atoms with van der Waals surface area (Å²) < 4.78 is 10.1. The minimum atomic E-state index is -0.473.